The molecular weight excluding hydrogens is 352 g/mol. The summed E-state index contributed by atoms with van der Waals surface area (Å²) in [5, 5.41) is 11.6. The first kappa shape index (κ1) is 16.8. The zero-order chi connectivity index (χ0) is 18.3. The van der Waals surface area contributed by atoms with Crippen LogP contribution in [-0.2, 0) is 4.79 Å². The summed E-state index contributed by atoms with van der Waals surface area (Å²) in [7, 11) is 0. The van der Waals surface area contributed by atoms with Crippen LogP contribution in [0.1, 0.15) is 36.5 Å². The first-order chi connectivity index (χ1) is 12.5. The summed E-state index contributed by atoms with van der Waals surface area (Å²) in [6, 6.07) is 4.84. The van der Waals surface area contributed by atoms with Crippen LogP contribution in [0.15, 0.2) is 23.6 Å². The van der Waals surface area contributed by atoms with E-state index in [1.807, 2.05) is 12.3 Å². The van der Waals surface area contributed by atoms with Gasteiger partial charge in [-0.15, -0.1) is 11.3 Å². The van der Waals surface area contributed by atoms with Crippen molar-refractivity contribution in [3.8, 4) is 5.75 Å². The number of hydrogen-bond acceptors (Lipinski definition) is 5. The van der Waals surface area contributed by atoms with Crippen LogP contribution in [0.2, 0.25) is 0 Å². The predicted octanol–water partition coefficient (Wildman–Crippen LogP) is 3.44. The lowest BCUT2D eigenvalue weighted by Crippen LogP contribution is -2.35. The number of anilines is 2. The minimum atomic E-state index is -0.523. The molecule has 136 valence electrons. The van der Waals surface area contributed by atoms with Crippen molar-refractivity contribution in [1.82, 2.24) is 10.3 Å². The maximum atomic E-state index is 12.5. The smallest absolute Gasteiger partial charge is 0.319 e. The zero-order valence-corrected chi connectivity index (χ0v) is 15.4. The number of hydrogen-bond donors (Lipinski definition) is 3. The van der Waals surface area contributed by atoms with E-state index in [4.69, 9.17) is 4.74 Å². The standard InChI is InChI=1S/C18H20N4O3S/c1-9-8-26-17(19-9)15(11-3-4-11)22-18(24)20-12-5-6-14-13(7-12)21-16(23)10(2)25-14/h5-8,10-11,15H,3-4H2,1-2H3,(H,21,23)(H2,20,22,24)/t10-,15+/m0/s1. The second kappa shape index (κ2) is 6.60. The number of carbonyl (C=O) groups excluding carboxylic acids is 2. The Morgan fingerprint density at radius 2 is 2.23 bits per heavy atom. The highest BCUT2D eigenvalue weighted by molar-refractivity contribution is 7.09. The van der Waals surface area contributed by atoms with Gasteiger partial charge in [-0.2, -0.15) is 0 Å². The second-order valence-corrected chi connectivity index (χ2v) is 7.59. The van der Waals surface area contributed by atoms with E-state index in [1.54, 1.807) is 36.5 Å². The monoisotopic (exact) mass is 372 g/mol. The van der Waals surface area contributed by atoms with Gasteiger partial charge in [-0.25, -0.2) is 9.78 Å². The lowest BCUT2D eigenvalue weighted by atomic mass is 10.2. The van der Waals surface area contributed by atoms with Gasteiger partial charge in [0, 0.05) is 16.8 Å². The molecule has 2 heterocycles. The molecule has 4 rings (SSSR count). The number of fused-ring (bicyclic) bond motifs is 1. The third kappa shape index (κ3) is 3.50. The van der Waals surface area contributed by atoms with Gasteiger partial charge in [0.15, 0.2) is 6.10 Å². The molecule has 2 atom stereocenters. The highest BCUT2D eigenvalue weighted by Crippen LogP contribution is 2.42. The Balaban J connectivity index is 1.44. The van der Waals surface area contributed by atoms with E-state index in [9.17, 15) is 9.59 Å². The van der Waals surface area contributed by atoms with Crippen molar-refractivity contribution in [2.75, 3.05) is 10.6 Å². The third-order valence-corrected chi connectivity index (χ3v) is 5.50. The fourth-order valence-electron chi connectivity index (χ4n) is 2.92. The van der Waals surface area contributed by atoms with Crippen LogP contribution in [0.4, 0.5) is 16.2 Å². The number of thiazole rings is 1. The molecule has 0 bridgehead atoms. The summed E-state index contributed by atoms with van der Waals surface area (Å²) in [5.41, 5.74) is 2.11. The number of nitrogens with one attached hydrogen (secondary N) is 3. The van der Waals surface area contributed by atoms with Gasteiger partial charge in [0.1, 0.15) is 10.8 Å². The molecule has 1 fully saturated rings. The quantitative estimate of drug-likeness (QED) is 0.766. The predicted molar refractivity (Wildman–Crippen MR) is 99.6 cm³/mol. The number of ether oxygens (including phenoxy) is 1. The van der Waals surface area contributed by atoms with Crippen LogP contribution in [0.25, 0.3) is 0 Å². The molecule has 3 amide bonds. The van der Waals surface area contributed by atoms with Gasteiger partial charge < -0.3 is 20.7 Å². The van der Waals surface area contributed by atoms with Crippen molar-refractivity contribution >= 4 is 34.6 Å². The fourth-order valence-corrected chi connectivity index (χ4v) is 3.86. The summed E-state index contributed by atoms with van der Waals surface area (Å²) in [6.07, 6.45) is 1.68. The Hall–Kier alpha value is -2.61. The average Bonchev–Trinajstić information content (AvgIpc) is 3.35. The fraction of sp³-hybridized carbons (Fsp3) is 0.389. The van der Waals surface area contributed by atoms with E-state index in [0.717, 1.165) is 23.5 Å². The molecular formula is C18H20N4O3S. The largest absolute Gasteiger partial charge is 0.479 e. The van der Waals surface area contributed by atoms with E-state index in [-0.39, 0.29) is 18.0 Å². The molecule has 0 saturated heterocycles. The molecule has 1 aliphatic carbocycles. The highest BCUT2D eigenvalue weighted by atomic mass is 32.1. The van der Waals surface area contributed by atoms with Gasteiger partial charge in [0.05, 0.1) is 11.7 Å². The Bertz CT molecular complexity index is 862. The molecule has 1 aromatic heterocycles. The van der Waals surface area contributed by atoms with E-state index in [1.165, 1.54) is 0 Å². The van der Waals surface area contributed by atoms with Crippen molar-refractivity contribution in [2.45, 2.75) is 38.8 Å². The summed E-state index contributed by atoms with van der Waals surface area (Å²) >= 11 is 1.58. The summed E-state index contributed by atoms with van der Waals surface area (Å²) in [5.74, 6) is 0.841. The number of urea groups is 1. The van der Waals surface area contributed by atoms with Crippen LogP contribution < -0.4 is 20.7 Å². The van der Waals surface area contributed by atoms with Gasteiger partial charge in [-0.05, 0) is 50.8 Å². The summed E-state index contributed by atoms with van der Waals surface area (Å²) in [4.78, 5) is 28.7. The van der Waals surface area contributed by atoms with E-state index < -0.39 is 6.10 Å². The molecule has 7 nitrogen and oxygen atoms in total. The van der Waals surface area contributed by atoms with Crippen molar-refractivity contribution in [1.29, 1.82) is 0 Å². The van der Waals surface area contributed by atoms with Crippen LogP contribution >= 0.6 is 11.3 Å². The van der Waals surface area contributed by atoms with E-state index >= 15 is 0 Å². The lowest BCUT2D eigenvalue weighted by Gasteiger charge is -2.24. The van der Waals surface area contributed by atoms with Crippen LogP contribution in [-0.4, -0.2) is 23.0 Å². The highest BCUT2D eigenvalue weighted by Gasteiger charge is 2.35. The third-order valence-electron chi connectivity index (χ3n) is 4.45. The Labute approximate surface area is 155 Å². The number of amides is 3. The molecule has 3 N–H and O–H groups in total. The van der Waals surface area contributed by atoms with Gasteiger partial charge in [0.2, 0.25) is 0 Å². The van der Waals surface area contributed by atoms with Crippen LogP contribution in [0.3, 0.4) is 0 Å². The number of aryl methyl sites for hydroxylation is 1. The Morgan fingerprint density at radius 1 is 1.42 bits per heavy atom. The maximum Gasteiger partial charge on any atom is 0.319 e. The topological polar surface area (TPSA) is 92.4 Å². The van der Waals surface area contributed by atoms with Gasteiger partial charge >= 0.3 is 6.03 Å². The second-order valence-electron chi connectivity index (χ2n) is 6.70. The van der Waals surface area contributed by atoms with Crippen LogP contribution in [0.5, 0.6) is 5.75 Å². The number of rotatable bonds is 4. The number of nitrogens with zero attached hydrogens (tertiary/aromatic N) is 1. The minimum absolute atomic E-state index is 0.0600. The molecule has 1 saturated carbocycles. The lowest BCUT2D eigenvalue weighted by molar-refractivity contribution is -0.122. The number of aromatic nitrogens is 1. The first-order valence-electron chi connectivity index (χ1n) is 8.61. The maximum absolute atomic E-state index is 12.5. The van der Waals surface area contributed by atoms with Crippen LogP contribution in [0, 0.1) is 12.8 Å². The first-order valence-corrected chi connectivity index (χ1v) is 9.48. The van der Waals surface area contributed by atoms with Crippen molar-refractivity contribution in [2.24, 2.45) is 5.92 Å². The molecule has 2 aliphatic rings. The molecule has 0 spiro atoms. The zero-order valence-electron chi connectivity index (χ0n) is 14.5. The molecule has 0 radical (unpaired) electrons. The number of carbonyl (C=O) groups is 2. The van der Waals surface area contributed by atoms with E-state index in [2.05, 4.69) is 20.9 Å². The molecule has 8 heteroatoms. The van der Waals surface area contributed by atoms with E-state index in [0.29, 0.717) is 23.0 Å². The van der Waals surface area contributed by atoms with Crippen molar-refractivity contribution in [3.63, 3.8) is 0 Å². The normalized spacial score (nSPS) is 19.8. The van der Waals surface area contributed by atoms with Gasteiger partial charge in [-0.1, -0.05) is 0 Å². The Kier molecular flexibility index (Phi) is 4.28. The molecule has 1 aromatic carbocycles. The van der Waals surface area contributed by atoms with Crippen molar-refractivity contribution in [3.05, 3.63) is 34.3 Å². The molecule has 0 unspecified atom stereocenters. The summed E-state index contributed by atoms with van der Waals surface area (Å²) < 4.78 is 5.52. The molecule has 2 aromatic rings. The van der Waals surface area contributed by atoms with Crippen molar-refractivity contribution < 1.29 is 14.3 Å². The molecule has 26 heavy (non-hydrogen) atoms. The SMILES string of the molecule is Cc1csc([C@H](NC(=O)Nc2ccc3c(c2)NC(=O)[C@H](C)O3)C2CC2)n1. The average molecular weight is 372 g/mol. The minimum Gasteiger partial charge on any atom is -0.479 e. The van der Waals surface area contributed by atoms with Gasteiger partial charge in [-0.3, -0.25) is 4.79 Å². The number of benzene rings is 1. The van der Waals surface area contributed by atoms with Gasteiger partial charge in [0.25, 0.3) is 5.91 Å². The summed E-state index contributed by atoms with van der Waals surface area (Å²) in [6.45, 7) is 3.64. The molecule has 1 aliphatic heterocycles. The Morgan fingerprint density at radius 3 is 2.92 bits per heavy atom.